The smallest absolute Gasteiger partial charge is 0.282 e. The molecule has 0 radical (unpaired) electrons. The molecule has 0 aliphatic carbocycles. The van der Waals surface area contributed by atoms with Crippen LogP contribution in [0, 0.1) is 22.9 Å². The van der Waals surface area contributed by atoms with Crippen LogP contribution < -0.4 is 5.73 Å². The van der Waals surface area contributed by atoms with E-state index in [1.807, 2.05) is 0 Å². The van der Waals surface area contributed by atoms with Gasteiger partial charge in [0.15, 0.2) is 5.69 Å². The Labute approximate surface area is 105 Å². The van der Waals surface area contributed by atoms with E-state index in [2.05, 4.69) is 15.4 Å². The van der Waals surface area contributed by atoms with E-state index in [1.54, 1.807) is 0 Å². The number of nitrogens with two attached hydrogens (primary N) is 1. The van der Waals surface area contributed by atoms with Crippen molar-refractivity contribution in [3.8, 4) is 11.3 Å². The molecule has 2 aromatic rings. The van der Waals surface area contributed by atoms with Gasteiger partial charge < -0.3 is 5.73 Å². The molecule has 0 spiro atoms. The van der Waals surface area contributed by atoms with Gasteiger partial charge in [0, 0.05) is 6.07 Å². The van der Waals surface area contributed by atoms with E-state index in [9.17, 15) is 19.3 Å². The number of nitro benzene ring substituents is 1. The third-order valence-corrected chi connectivity index (χ3v) is 2.43. The molecule has 19 heavy (non-hydrogen) atoms. The Morgan fingerprint density at radius 2 is 2.16 bits per heavy atom. The molecule has 1 amide bonds. The number of nitrogens with zero attached hydrogens (tertiary/aromatic N) is 3. The van der Waals surface area contributed by atoms with E-state index in [0.29, 0.717) is 5.56 Å². The number of H-pyrrole nitrogens is 1. The van der Waals surface area contributed by atoms with Crippen LogP contribution in [0.25, 0.3) is 11.3 Å². The zero-order chi connectivity index (χ0) is 14.2. The summed E-state index contributed by atoms with van der Waals surface area (Å²) in [5.41, 5.74) is 3.86. The number of carbonyl (C=O) groups is 1. The van der Waals surface area contributed by atoms with Crippen molar-refractivity contribution in [1.82, 2.24) is 15.4 Å². The summed E-state index contributed by atoms with van der Waals surface area (Å²) in [7, 11) is 0. The van der Waals surface area contributed by atoms with Gasteiger partial charge in [0.05, 0.1) is 4.92 Å². The van der Waals surface area contributed by atoms with Crippen molar-refractivity contribution in [3.63, 3.8) is 0 Å². The van der Waals surface area contributed by atoms with Crippen LogP contribution in [0.2, 0.25) is 0 Å². The van der Waals surface area contributed by atoms with Crippen LogP contribution in [0.1, 0.15) is 16.1 Å². The van der Waals surface area contributed by atoms with Gasteiger partial charge in [-0.05, 0) is 18.6 Å². The molecule has 1 heterocycles. The lowest BCUT2D eigenvalue weighted by Gasteiger charge is -2.04. The number of rotatable bonds is 3. The molecule has 0 fully saturated rings. The molecule has 1 aromatic carbocycles. The van der Waals surface area contributed by atoms with Crippen molar-refractivity contribution in [1.29, 1.82) is 0 Å². The first kappa shape index (κ1) is 12.6. The molecule has 98 valence electrons. The monoisotopic (exact) mass is 265 g/mol. The van der Waals surface area contributed by atoms with Crippen molar-refractivity contribution in [2.75, 3.05) is 0 Å². The van der Waals surface area contributed by atoms with E-state index in [-0.39, 0.29) is 11.4 Å². The third-order valence-electron chi connectivity index (χ3n) is 2.43. The molecule has 0 unspecified atom stereocenters. The highest BCUT2D eigenvalue weighted by molar-refractivity contribution is 5.97. The van der Waals surface area contributed by atoms with Crippen LogP contribution in [-0.4, -0.2) is 26.2 Å². The molecule has 0 saturated carbocycles. The highest BCUT2D eigenvalue weighted by Gasteiger charge is 2.27. The summed E-state index contributed by atoms with van der Waals surface area (Å²) in [6.45, 7) is 1.51. The van der Waals surface area contributed by atoms with Gasteiger partial charge in [-0.3, -0.25) is 14.9 Å². The molecule has 0 atom stereocenters. The Morgan fingerprint density at radius 1 is 1.47 bits per heavy atom. The topological polar surface area (TPSA) is 128 Å². The average molecular weight is 265 g/mol. The zero-order valence-electron chi connectivity index (χ0n) is 9.68. The largest absolute Gasteiger partial charge is 0.364 e. The number of aryl methyl sites for hydroxylation is 1. The van der Waals surface area contributed by atoms with Gasteiger partial charge in [0.2, 0.25) is 0 Å². The van der Waals surface area contributed by atoms with E-state index >= 15 is 0 Å². The second-order valence-electron chi connectivity index (χ2n) is 3.78. The summed E-state index contributed by atoms with van der Waals surface area (Å²) in [6, 6.07) is 2.28. The maximum atomic E-state index is 13.9. The maximum Gasteiger partial charge on any atom is 0.282 e. The Balaban J connectivity index is 2.78. The Morgan fingerprint density at radius 3 is 2.74 bits per heavy atom. The number of aromatic nitrogens is 3. The molecular weight excluding hydrogens is 257 g/mol. The van der Waals surface area contributed by atoms with E-state index < -0.39 is 27.9 Å². The molecule has 1 aromatic heterocycles. The Bertz CT molecular complexity index is 682. The normalized spacial score (nSPS) is 10.4. The van der Waals surface area contributed by atoms with Gasteiger partial charge in [-0.1, -0.05) is 0 Å². The summed E-state index contributed by atoms with van der Waals surface area (Å²) < 4.78 is 13.9. The third kappa shape index (κ3) is 2.12. The van der Waals surface area contributed by atoms with Crippen molar-refractivity contribution in [2.24, 2.45) is 5.73 Å². The molecule has 0 bridgehead atoms. The first-order valence-corrected chi connectivity index (χ1v) is 5.07. The van der Waals surface area contributed by atoms with Gasteiger partial charge in [-0.25, -0.2) is 4.39 Å². The standard InChI is InChI=1S/C10H8FN5O3/c1-4-2-5(11)7(6(3-4)16(18)19)8-9(10(12)17)14-15-13-8/h2-3H,1H3,(H2,12,17)(H,13,14,15). The lowest BCUT2D eigenvalue weighted by atomic mass is 10.0. The number of primary amides is 1. The number of carbonyl (C=O) groups excluding carboxylic acids is 1. The minimum atomic E-state index is -0.960. The highest BCUT2D eigenvalue weighted by Crippen LogP contribution is 2.33. The average Bonchev–Trinajstić information content (AvgIpc) is 2.76. The number of aromatic amines is 1. The van der Waals surface area contributed by atoms with Crippen molar-refractivity contribution in [3.05, 3.63) is 39.3 Å². The summed E-state index contributed by atoms with van der Waals surface area (Å²) in [6.07, 6.45) is 0. The second kappa shape index (κ2) is 4.44. The minimum Gasteiger partial charge on any atom is -0.364 e. The van der Waals surface area contributed by atoms with Crippen molar-refractivity contribution in [2.45, 2.75) is 6.92 Å². The summed E-state index contributed by atoms with van der Waals surface area (Å²) in [5.74, 6) is -1.83. The van der Waals surface area contributed by atoms with E-state index in [4.69, 9.17) is 5.73 Å². The molecular formula is C10H8FN5O3. The van der Waals surface area contributed by atoms with Gasteiger partial charge in [0.25, 0.3) is 11.6 Å². The zero-order valence-corrected chi connectivity index (χ0v) is 9.68. The predicted octanol–water partition coefficient (Wildman–Crippen LogP) is 0.926. The first-order chi connectivity index (χ1) is 8.91. The van der Waals surface area contributed by atoms with Crippen LogP contribution in [-0.2, 0) is 0 Å². The second-order valence-corrected chi connectivity index (χ2v) is 3.78. The minimum absolute atomic E-state index is 0.281. The number of benzene rings is 1. The van der Waals surface area contributed by atoms with Crippen molar-refractivity contribution < 1.29 is 14.1 Å². The van der Waals surface area contributed by atoms with Crippen LogP contribution >= 0.6 is 0 Å². The van der Waals surface area contributed by atoms with Crippen LogP contribution in [0.3, 0.4) is 0 Å². The number of nitro groups is 1. The molecule has 3 N–H and O–H groups in total. The van der Waals surface area contributed by atoms with Gasteiger partial charge >= 0.3 is 0 Å². The molecule has 0 aliphatic rings. The Hall–Kier alpha value is -2.84. The summed E-state index contributed by atoms with van der Waals surface area (Å²) in [4.78, 5) is 21.3. The van der Waals surface area contributed by atoms with E-state index in [1.165, 1.54) is 13.0 Å². The number of amides is 1. The van der Waals surface area contributed by atoms with Crippen molar-refractivity contribution >= 4 is 11.6 Å². The lowest BCUT2D eigenvalue weighted by Crippen LogP contribution is -2.13. The summed E-state index contributed by atoms with van der Waals surface area (Å²) >= 11 is 0. The quantitative estimate of drug-likeness (QED) is 0.630. The van der Waals surface area contributed by atoms with Gasteiger partial charge in [-0.2, -0.15) is 15.4 Å². The molecule has 0 aliphatic heterocycles. The summed E-state index contributed by atoms with van der Waals surface area (Å²) in [5, 5.41) is 20.1. The fraction of sp³-hybridized carbons (Fsp3) is 0.100. The van der Waals surface area contributed by atoms with Crippen LogP contribution in [0.5, 0.6) is 0 Å². The number of hydrogen-bond acceptors (Lipinski definition) is 5. The Kier molecular flexibility index (Phi) is 2.95. The van der Waals surface area contributed by atoms with Crippen LogP contribution in [0.15, 0.2) is 12.1 Å². The first-order valence-electron chi connectivity index (χ1n) is 5.07. The number of hydrogen-bond donors (Lipinski definition) is 2. The molecule has 2 rings (SSSR count). The SMILES string of the molecule is Cc1cc(F)c(-c2n[nH]nc2C(N)=O)c([N+](=O)[O-])c1. The molecule has 0 saturated heterocycles. The fourth-order valence-corrected chi connectivity index (χ4v) is 1.68. The highest BCUT2D eigenvalue weighted by atomic mass is 19.1. The van der Waals surface area contributed by atoms with E-state index in [0.717, 1.165) is 6.07 Å². The molecule has 8 nitrogen and oxygen atoms in total. The maximum absolute atomic E-state index is 13.9. The number of halogens is 1. The van der Waals surface area contributed by atoms with Gasteiger partial charge in [-0.15, -0.1) is 0 Å². The van der Waals surface area contributed by atoms with Crippen LogP contribution in [0.4, 0.5) is 10.1 Å². The fourth-order valence-electron chi connectivity index (χ4n) is 1.68. The number of nitrogens with one attached hydrogen (secondary N) is 1. The molecule has 9 heteroatoms. The lowest BCUT2D eigenvalue weighted by molar-refractivity contribution is -0.384. The van der Waals surface area contributed by atoms with Gasteiger partial charge in [0.1, 0.15) is 17.1 Å². The predicted molar refractivity (Wildman–Crippen MR) is 61.7 cm³/mol.